The molecule has 32 heavy (non-hydrogen) atoms. The van der Waals surface area contributed by atoms with Gasteiger partial charge in [0.2, 0.25) is 0 Å². The van der Waals surface area contributed by atoms with E-state index in [0.29, 0.717) is 28.8 Å². The van der Waals surface area contributed by atoms with E-state index in [1.807, 2.05) is 54.6 Å². The standard InChI is InChI=1S/C26H27NO4S/c1-3-30-26(29)24-21-14-9-17(2)15-22(21)32-25(24)27-23(28)16-31-20-12-10-19(11-13-20)18-7-5-4-6-8-18/h4-8,10-13,17H,3,9,14-16H2,1-2H3,(H,27,28)/t17-/m1/s1. The Labute approximate surface area is 192 Å². The van der Waals surface area contributed by atoms with Gasteiger partial charge in [-0.25, -0.2) is 4.79 Å². The van der Waals surface area contributed by atoms with Gasteiger partial charge in [0.25, 0.3) is 5.91 Å². The number of ether oxygens (including phenoxy) is 2. The first kappa shape index (κ1) is 22.1. The van der Waals surface area contributed by atoms with Gasteiger partial charge in [0, 0.05) is 4.88 Å². The quantitative estimate of drug-likeness (QED) is 0.468. The lowest BCUT2D eigenvalue weighted by Crippen LogP contribution is -2.21. The lowest BCUT2D eigenvalue weighted by atomic mass is 9.88. The molecule has 1 aliphatic rings. The molecule has 1 aliphatic carbocycles. The van der Waals surface area contributed by atoms with Gasteiger partial charge in [0.15, 0.2) is 6.61 Å². The van der Waals surface area contributed by atoms with Gasteiger partial charge in [-0.05, 0) is 60.9 Å². The van der Waals surface area contributed by atoms with Crippen LogP contribution in [0, 0.1) is 5.92 Å². The van der Waals surface area contributed by atoms with E-state index in [9.17, 15) is 9.59 Å². The fraction of sp³-hybridized carbons (Fsp3) is 0.308. The summed E-state index contributed by atoms with van der Waals surface area (Å²) in [6, 6.07) is 17.7. The maximum absolute atomic E-state index is 12.6. The van der Waals surface area contributed by atoms with Crippen LogP contribution in [-0.4, -0.2) is 25.1 Å². The van der Waals surface area contributed by atoms with Crippen LogP contribution < -0.4 is 10.1 Å². The van der Waals surface area contributed by atoms with E-state index in [2.05, 4.69) is 12.2 Å². The second-order valence-corrected chi connectivity index (χ2v) is 9.11. The summed E-state index contributed by atoms with van der Waals surface area (Å²) in [5.41, 5.74) is 3.75. The van der Waals surface area contributed by atoms with Crippen molar-refractivity contribution in [3.63, 3.8) is 0 Å². The third-order valence-electron chi connectivity index (χ3n) is 5.58. The first-order chi connectivity index (χ1) is 15.5. The van der Waals surface area contributed by atoms with Gasteiger partial charge in [-0.1, -0.05) is 49.4 Å². The number of anilines is 1. The van der Waals surface area contributed by atoms with E-state index < -0.39 is 0 Å². The number of hydrogen-bond acceptors (Lipinski definition) is 5. The molecule has 6 heteroatoms. The molecular formula is C26H27NO4S. The fourth-order valence-electron chi connectivity index (χ4n) is 3.94. The van der Waals surface area contributed by atoms with Gasteiger partial charge in [0.1, 0.15) is 10.8 Å². The van der Waals surface area contributed by atoms with Gasteiger partial charge < -0.3 is 14.8 Å². The molecular weight excluding hydrogens is 422 g/mol. The first-order valence-corrected chi connectivity index (χ1v) is 11.8. The lowest BCUT2D eigenvalue weighted by Gasteiger charge is -2.18. The number of thiophene rings is 1. The summed E-state index contributed by atoms with van der Waals surface area (Å²) in [6.45, 7) is 4.16. The summed E-state index contributed by atoms with van der Waals surface area (Å²) >= 11 is 1.48. The highest BCUT2D eigenvalue weighted by atomic mass is 32.1. The van der Waals surface area contributed by atoms with Gasteiger partial charge >= 0.3 is 5.97 Å². The van der Waals surface area contributed by atoms with Crippen molar-refractivity contribution >= 4 is 28.2 Å². The third-order valence-corrected chi connectivity index (χ3v) is 6.75. The first-order valence-electron chi connectivity index (χ1n) is 10.9. The Morgan fingerprint density at radius 2 is 1.78 bits per heavy atom. The van der Waals surface area contributed by atoms with Crippen molar-refractivity contribution in [2.75, 3.05) is 18.5 Å². The molecule has 1 heterocycles. The van der Waals surface area contributed by atoms with Crippen LogP contribution in [0.4, 0.5) is 5.00 Å². The molecule has 0 spiro atoms. The molecule has 0 saturated heterocycles. The average molecular weight is 450 g/mol. The molecule has 0 saturated carbocycles. The molecule has 0 unspecified atom stereocenters. The molecule has 0 fully saturated rings. The molecule has 1 N–H and O–H groups in total. The lowest BCUT2D eigenvalue weighted by molar-refractivity contribution is -0.118. The Morgan fingerprint density at radius 1 is 1.06 bits per heavy atom. The number of rotatable bonds is 7. The molecule has 1 atom stereocenters. The molecule has 5 nitrogen and oxygen atoms in total. The minimum atomic E-state index is -0.368. The SMILES string of the molecule is CCOC(=O)c1c(NC(=O)COc2ccc(-c3ccccc3)cc2)sc2c1CC[C@@H](C)C2. The Balaban J connectivity index is 1.42. The van der Waals surface area contributed by atoms with Crippen LogP contribution in [0.2, 0.25) is 0 Å². The van der Waals surface area contributed by atoms with E-state index in [0.717, 1.165) is 36.0 Å². The molecule has 2 aromatic carbocycles. The Bertz CT molecular complexity index is 1090. The van der Waals surface area contributed by atoms with Gasteiger partial charge in [-0.2, -0.15) is 0 Å². The van der Waals surface area contributed by atoms with Crippen molar-refractivity contribution in [3.8, 4) is 16.9 Å². The highest BCUT2D eigenvalue weighted by Gasteiger charge is 2.29. The Morgan fingerprint density at radius 3 is 2.50 bits per heavy atom. The zero-order valence-electron chi connectivity index (χ0n) is 18.4. The van der Waals surface area contributed by atoms with E-state index in [4.69, 9.17) is 9.47 Å². The monoisotopic (exact) mass is 449 g/mol. The summed E-state index contributed by atoms with van der Waals surface area (Å²) in [6.07, 6.45) is 2.79. The van der Waals surface area contributed by atoms with Crippen molar-refractivity contribution in [2.24, 2.45) is 5.92 Å². The van der Waals surface area contributed by atoms with Crippen LogP contribution in [0.1, 0.15) is 41.1 Å². The predicted octanol–water partition coefficient (Wildman–Crippen LogP) is 5.73. The molecule has 0 bridgehead atoms. The largest absolute Gasteiger partial charge is 0.484 e. The van der Waals surface area contributed by atoms with Gasteiger partial charge in [-0.15, -0.1) is 11.3 Å². The maximum atomic E-state index is 12.6. The van der Waals surface area contributed by atoms with Crippen LogP contribution in [-0.2, 0) is 22.4 Å². The zero-order valence-corrected chi connectivity index (χ0v) is 19.2. The van der Waals surface area contributed by atoms with Crippen molar-refractivity contribution in [3.05, 3.63) is 70.6 Å². The minimum absolute atomic E-state index is 0.133. The van der Waals surface area contributed by atoms with Crippen LogP contribution >= 0.6 is 11.3 Å². The van der Waals surface area contributed by atoms with E-state index in [-0.39, 0.29) is 18.5 Å². The van der Waals surface area contributed by atoms with Crippen LogP contribution in [0.3, 0.4) is 0 Å². The molecule has 1 amide bonds. The fourth-order valence-corrected chi connectivity index (χ4v) is 5.36. The third kappa shape index (κ3) is 5.02. The Kier molecular flexibility index (Phi) is 6.90. The molecule has 4 rings (SSSR count). The number of fused-ring (bicyclic) bond motifs is 1. The molecule has 3 aromatic rings. The van der Waals surface area contributed by atoms with Gasteiger partial charge in [0.05, 0.1) is 12.2 Å². The molecule has 166 valence electrons. The maximum Gasteiger partial charge on any atom is 0.341 e. The number of amides is 1. The van der Waals surface area contributed by atoms with Crippen molar-refractivity contribution in [1.29, 1.82) is 0 Å². The topological polar surface area (TPSA) is 64.6 Å². The van der Waals surface area contributed by atoms with Gasteiger partial charge in [-0.3, -0.25) is 4.79 Å². The number of carbonyl (C=O) groups is 2. The number of benzene rings is 2. The second-order valence-electron chi connectivity index (χ2n) is 8.00. The number of carbonyl (C=O) groups excluding carboxylic acids is 2. The molecule has 0 radical (unpaired) electrons. The number of hydrogen-bond donors (Lipinski definition) is 1. The van der Waals surface area contributed by atoms with Crippen LogP contribution in [0.25, 0.3) is 11.1 Å². The smallest absolute Gasteiger partial charge is 0.341 e. The van der Waals surface area contributed by atoms with E-state index in [1.165, 1.54) is 16.2 Å². The average Bonchev–Trinajstić information content (AvgIpc) is 3.15. The number of esters is 1. The van der Waals surface area contributed by atoms with Crippen LogP contribution in [0.15, 0.2) is 54.6 Å². The summed E-state index contributed by atoms with van der Waals surface area (Å²) in [4.78, 5) is 26.4. The molecule has 0 aliphatic heterocycles. The molecule has 1 aromatic heterocycles. The number of nitrogens with one attached hydrogen (secondary N) is 1. The Hall–Kier alpha value is -3.12. The summed E-state index contributed by atoms with van der Waals surface area (Å²) in [5, 5.41) is 3.45. The van der Waals surface area contributed by atoms with Crippen molar-refractivity contribution < 1.29 is 19.1 Å². The van der Waals surface area contributed by atoms with Crippen molar-refractivity contribution in [2.45, 2.75) is 33.1 Å². The summed E-state index contributed by atoms with van der Waals surface area (Å²) < 4.78 is 10.9. The van der Waals surface area contributed by atoms with E-state index in [1.54, 1.807) is 6.92 Å². The zero-order chi connectivity index (χ0) is 22.5. The highest BCUT2D eigenvalue weighted by Crippen LogP contribution is 2.40. The summed E-state index contributed by atoms with van der Waals surface area (Å²) in [5.74, 6) is 0.522. The van der Waals surface area contributed by atoms with Crippen molar-refractivity contribution in [1.82, 2.24) is 0 Å². The highest BCUT2D eigenvalue weighted by molar-refractivity contribution is 7.17. The normalized spacial score (nSPS) is 15.0. The predicted molar refractivity (Wildman–Crippen MR) is 127 cm³/mol. The van der Waals surface area contributed by atoms with Crippen LogP contribution in [0.5, 0.6) is 5.75 Å². The second kappa shape index (κ2) is 10.0. The van der Waals surface area contributed by atoms with E-state index >= 15 is 0 Å². The minimum Gasteiger partial charge on any atom is -0.484 e. The summed E-state index contributed by atoms with van der Waals surface area (Å²) in [7, 11) is 0.